The van der Waals surface area contributed by atoms with Crippen LogP contribution in [0.4, 0.5) is 0 Å². The molecule has 1 aromatic rings. The van der Waals surface area contributed by atoms with Crippen molar-refractivity contribution >= 4 is 34.1 Å². The Kier molecular flexibility index (Phi) is 3.86. The lowest BCUT2D eigenvalue weighted by Crippen LogP contribution is -2.05. The predicted octanol–water partition coefficient (Wildman–Crippen LogP) is 3.52. The molecule has 0 spiro atoms. The molecule has 1 aromatic carbocycles. The molecule has 0 saturated carbocycles. The van der Waals surface area contributed by atoms with E-state index in [1.807, 2.05) is 0 Å². The van der Waals surface area contributed by atoms with Crippen molar-refractivity contribution in [1.29, 1.82) is 0 Å². The topological polar surface area (TPSA) is 26.3 Å². The quantitative estimate of drug-likeness (QED) is 0.783. The molecule has 0 heterocycles. The standard InChI is InChI=1S/C12H11BrO2/c1-4-8-9(5-2)11(13)7-6-10(8)12(14)15-3/h4-7H,1-2H2,3H3. The number of carbonyl (C=O) groups is 1. The van der Waals surface area contributed by atoms with E-state index < -0.39 is 0 Å². The first-order valence-electron chi connectivity index (χ1n) is 4.31. The van der Waals surface area contributed by atoms with Crippen molar-refractivity contribution in [3.8, 4) is 0 Å². The fourth-order valence-corrected chi connectivity index (χ4v) is 1.83. The fraction of sp³-hybridized carbons (Fsp3) is 0.0833. The van der Waals surface area contributed by atoms with Gasteiger partial charge < -0.3 is 4.74 Å². The van der Waals surface area contributed by atoms with E-state index in [0.29, 0.717) is 5.56 Å². The van der Waals surface area contributed by atoms with E-state index in [2.05, 4.69) is 33.8 Å². The van der Waals surface area contributed by atoms with Crippen molar-refractivity contribution in [2.24, 2.45) is 0 Å². The van der Waals surface area contributed by atoms with Gasteiger partial charge in [-0.05, 0) is 23.3 Å². The van der Waals surface area contributed by atoms with Gasteiger partial charge in [0.15, 0.2) is 0 Å². The Morgan fingerprint density at radius 3 is 2.40 bits per heavy atom. The molecule has 0 radical (unpaired) electrons. The number of carbonyl (C=O) groups excluding carboxylic acids is 1. The minimum absolute atomic E-state index is 0.375. The molecular weight excluding hydrogens is 256 g/mol. The number of esters is 1. The highest BCUT2D eigenvalue weighted by atomic mass is 79.9. The molecule has 0 unspecified atom stereocenters. The Labute approximate surface area is 97.4 Å². The van der Waals surface area contributed by atoms with E-state index >= 15 is 0 Å². The lowest BCUT2D eigenvalue weighted by Gasteiger charge is -2.09. The highest BCUT2D eigenvalue weighted by molar-refractivity contribution is 9.10. The maximum atomic E-state index is 11.5. The number of methoxy groups -OCH3 is 1. The molecule has 0 amide bonds. The van der Waals surface area contributed by atoms with Crippen molar-refractivity contribution in [1.82, 2.24) is 0 Å². The summed E-state index contributed by atoms with van der Waals surface area (Å²) in [4.78, 5) is 11.5. The lowest BCUT2D eigenvalue weighted by atomic mass is 10.0. The molecule has 0 bridgehead atoms. The second kappa shape index (κ2) is 4.94. The van der Waals surface area contributed by atoms with Crippen LogP contribution >= 0.6 is 15.9 Å². The maximum Gasteiger partial charge on any atom is 0.338 e. The third-order valence-corrected chi connectivity index (χ3v) is 2.74. The molecule has 0 aliphatic carbocycles. The van der Waals surface area contributed by atoms with Gasteiger partial charge in [0.25, 0.3) is 0 Å². The summed E-state index contributed by atoms with van der Waals surface area (Å²) in [5.74, 6) is -0.375. The van der Waals surface area contributed by atoms with Crippen LogP contribution in [0.5, 0.6) is 0 Å². The molecule has 78 valence electrons. The van der Waals surface area contributed by atoms with Gasteiger partial charge in [-0.25, -0.2) is 4.79 Å². The fourth-order valence-electron chi connectivity index (χ4n) is 1.33. The van der Waals surface area contributed by atoms with Gasteiger partial charge in [-0.2, -0.15) is 0 Å². The zero-order valence-corrected chi connectivity index (χ0v) is 10.0. The average molecular weight is 267 g/mol. The minimum Gasteiger partial charge on any atom is -0.465 e. The van der Waals surface area contributed by atoms with Crippen molar-refractivity contribution in [2.75, 3.05) is 7.11 Å². The Hall–Kier alpha value is -1.35. The van der Waals surface area contributed by atoms with Gasteiger partial charge in [0.2, 0.25) is 0 Å². The number of halogens is 1. The van der Waals surface area contributed by atoms with E-state index in [1.165, 1.54) is 7.11 Å². The maximum absolute atomic E-state index is 11.5. The minimum atomic E-state index is -0.375. The summed E-state index contributed by atoms with van der Waals surface area (Å²) in [6.07, 6.45) is 3.29. The second-order valence-corrected chi connectivity index (χ2v) is 3.68. The average Bonchev–Trinajstić information content (AvgIpc) is 2.27. The molecule has 0 aromatic heterocycles. The summed E-state index contributed by atoms with van der Waals surface area (Å²) in [7, 11) is 1.35. The smallest absolute Gasteiger partial charge is 0.338 e. The number of hydrogen-bond donors (Lipinski definition) is 0. The molecule has 3 heteroatoms. The van der Waals surface area contributed by atoms with E-state index in [-0.39, 0.29) is 5.97 Å². The predicted molar refractivity (Wildman–Crippen MR) is 65.7 cm³/mol. The first kappa shape index (κ1) is 11.7. The molecular formula is C12H11BrO2. The van der Waals surface area contributed by atoms with E-state index in [4.69, 9.17) is 0 Å². The molecule has 0 fully saturated rings. The van der Waals surface area contributed by atoms with Gasteiger partial charge in [-0.3, -0.25) is 0 Å². The van der Waals surface area contributed by atoms with Gasteiger partial charge in [0.1, 0.15) is 0 Å². The highest BCUT2D eigenvalue weighted by Gasteiger charge is 2.13. The van der Waals surface area contributed by atoms with Crippen LogP contribution < -0.4 is 0 Å². The van der Waals surface area contributed by atoms with Crippen molar-refractivity contribution < 1.29 is 9.53 Å². The van der Waals surface area contributed by atoms with Gasteiger partial charge in [-0.15, -0.1) is 0 Å². The summed E-state index contributed by atoms with van der Waals surface area (Å²) >= 11 is 3.38. The van der Waals surface area contributed by atoms with Crippen LogP contribution in [0.1, 0.15) is 21.5 Å². The number of benzene rings is 1. The first-order chi connectivity index (χ1) is 7.15. The van der Waals surface area contributed by atoms with E-state index in [0.717, 1.165) is 15.6 Å². The third kappa shape index (κ3) is 2.18. The van der Waals surface area contributed by atoms with Crippen LogP contribution in [0.15, 0.2) is 29.8 Å². The molecule has 2 nitrogen and oxygen atoms in total. The van der Waals surface area contributed by atoms with Crippen LogP contribution in [0, 0.1) is 0 Å². The van der Waals surface area contributed by atoms with Gasteiger partial charge in [0, 0.05) is 4.47 Å². The van der Waals surface area contributed by atoms with Crippen molar-refractivity contribution in [2.45, 2.75) is 0 Å². The van der Waals surface area contributed by atoms with Gasteiger partial charge in [-0.1, -0.05) is 41.2 Å². The summed E-state index contributed by atoms with van der Waals surface area (Å²) in [5.41, 5.74) is 2.06. The Morgan fingerprint density at radius 2 is 1.93 bits per heavy atom. The summed E-state index contributed by atoms with van der Waals surface area (Å²) in [5, 5.41) is 0. The molecule has 0 N–H and O–H groups in total. The molecule has 0 aliphatic rings. The Balaban J connectivity index is 3.48. The van der Waals surface area contributed by atoms with Gasteiger partial charge >= 0.3 is 5.97 Å². The third-order valence-electron chi connectivity index (χ3n) is 2.05. The SMILES string of the molecule is C=Cc1c(Br)ccc(C(=O)OC)c1C=C. The Bertz CT molecular complexity index is 422. The lowest BCUT2D eigenvalue weighted by molar-refractivity contribution is 0.0600. The van der Waals surface area contributed by atoms with Crippen LogP contribution in [0.25, 0.3) is 12.2 Å². The summed E-state index contributed by atoms with van der Waals surface area (Å²) in [6.45, 7) is 7.38. The van der Waals surface area contributed by atoms with Crippen LogP contribution in [0.3, 0.4) is 0 Å². The number of hydrogen-bond acceptors (Lipinski definition) is 2. The number of ether oxygens (including phenoxy) is 1. The summed E-state index contributed by atoms with van der Waals surface area (Å²) < 4.78 is 5.56. The Morgan fingerprint density at radius 1 is 1.33 bits per heavy atom. The molecule has 0 aliphatic heterocycles. The zero-order valence-electron chi connectivity index (χ0n) is 8.42. The molecule has 15 heavy (non-hydrogen) atoms. The largest absolute Gasteiger partial charge is 0.465 e. The summed E-state index contributed by atoms with van der Waals surface area (Å²) in [6, 6.07) is 3.48. The monoisotopic (exact) mass is 266 g/mol. The molecule has 0 saturated heterocycles. The molecule has 0 atom stereocenters. The van der Waals surface area contributed by atoms with Gasteiger partial charge in [0.05, 0.1) is 12.7 Å². The zero-order chi connectivity index (χ0) is 11.4. The van der Waals surface area contributed by atoms with Crippen molar-refractivity contribution in [3.63, 3.8) is 0 Å². The first-order valence-corrected chi connectivity index (χ1v) is 5.10. The second-order valence-electron chi connectivity index (χ2n) is 2.82. The van der Waals surface area contributed by atoms with E-state index in [1.54, 1.807) is 24.3 Å². The molecule has 1 rings (SSSR count). The van der Waals surface area contributed by atoms with Crippen LogP contribution in [-0.4, -0.2) is 13.1 Å². The van der Waals surface area contributed by atoms with Crippen LogP contribution in [-0.2, 0) is 4.74 Å². The highest BCUT2D eigenvalue weighted by Crippen LogP contribution is 2.26. The van der Waals surface area contributed by atoms with E-state index in [9.17, 15) is 4.79 Å². The van der Waals surface area contributed by atoms with Crippen LogP contribution in [0.2, 0.25) is 0 Å². The normalized spacial score (nSPS) is 9.47. The number of rotatable bonds is 3. The van der Waals surface area contributed by atoms with Crippen molar-refractivity contribution in [3.05, 3.63) is 46.5 Å².